The predicted octanol–water partition coefficient (Wildman–Crippen LogP) is 6.51. The van der Waals surface area contributed by atoms with Gasteiger partial charge in [0.25, 0.3) is 0 Å². The van der Waals surface area contributed by atoms with E-state index in [1.54, 1.807) is 18.3 Å². The van der Waals surface area contributed by atoms with Crippen LogP contribution in [0.25, 0.3) is 5.57 Å². The molecule has 39 heavy (non-hydrogen) atoms. The lowest BCUT2D eigenvalue weighted by molar-refractivity contribution is -0.116. The van der Waals surface area contributed by atoms with Crippen molar-refractivity contribution in [1.82, 2.24) is 15.2 Å². The molecular weight excluding hydrogens is 533 g/mol. The molecule has 0 aliphatic carbocycles. The second-order valence-corrected chi connectivity index (χ2v) is 11.3. The summed E-state index contributed by atoms with van der Waals surface area (Å²) in [7, 11) is 2.07. The Labute approximate surface area is 238 Å². The van der Waals surface area contributed by atoms with Crippen molar-refractivity contribution in [2.75, 3.05) is 23.8 Å². The summed E-state index contributed by atoms with van der Waals surface area (Å²) in [6.07, 6.45) is 4.12. The number of hydrogen-bond acceptors (Lipinski definition) is 4. The van der Waals surface area contributed by atoms with E-state index in [1.807, 2.05) is 29.2 Å². The Morgan fingerprint density at radius 1 is 1.21 bits per heavy atom. The van der Waals surface area contributed by atoms with Crippen molar-refractivity contribution in [3.05, 3.63) is 94.5 Å². The minimum atomic E-state index is -0.477. The first-order valence-electron chi connectivity index (χ1n) is 12.9. The molecule has 5 rings (SSSR count). The van der Waals surface area contributed by atoms with Gasteiger partial charge in [-0.3, -0.25) is 9.78 Å². The van der Waals surface area contributed by atoms with Gasteiger partial charge in [0.15, 0.2) is 5.11 Å². The molecule has 0 bridgehead atoms. The van der Waals surface area contributed by atoms with Gasteiger partial charge < -0.3 is 20.4 Å². The highest BCUT2D eigenvalue weighted by atomic mass is 35.5. The zero-order valence-corrected chi connectivity index (χ0v) is 23.9. The first-order valence-corrected chi connectivity index (χ1v) is 13.6. The molecule has 0 radical (unpaired) electrons. The molecule has 2 unspecified atom stereocenters. The molecule has 6 nitrogen and oxygen atoms in total. The number of halogens is 2. The normalized spacial score (nSPS) is 19.8. The molecular formula is C30H31ClFN5OS. The van der Waals surface area contributed by atoms with Crippen LogP contribution in [0.5, 0.6) is 0 Å². The number of para-hydroxylation sites is 1. The lowest BCUT2D eigenvalue weighted by Gasteiger charge is -2.41. The van der Waals surface area contributed by atoms with Crippen molar-refractivity contribution in [3.8, 4) is 0 Å². The number of pyridine rings is 1. The fourth-order valence-electron chi connectivity index (χ4n) is 5.40. The summed E-state index contributed by atoms with van der Waals surface area (Å²) in [6, 6.07) is 15.5. The van der Waals surface area contributed by atoms with Gasteiger partial charge in [0.2, 0.25) is 5.91 Å². The predicted molar refractivity (Wildman–Crippen MR) is 159 cm³/mol. The summed E-state index contributed by atoms with van der Waals surface area (Å²) in [5, 5.41) is 7.20. The van der Waals surface area contributed by atoms with E-state index in [9.17, 15) is 9.18 Å². The number of hydrogen-bond donors (Lipinski definition) is 2. The largest absolute Gasteiger partial charge is 0.365 e. The molecule has 3 heterocycles. The van der Waals surface area contributed by atoms with Crippen LogP contribution in [-0.4, -0.2) is 40.0 Å². The molecule has 1 saturated heterocycles. The second-order valence-electron chi connectivity index (χ2n) is 10.5. The van der Waals surface area contributed by atoms with Gasteiger partial charge in [-0.1, -0.05) is 35.9 Å². The van der Waals surface area contributed by atoms with Crippen LogP contribution in [0, 0.1) is 5.82 Å². The Morgan fingerprint density at radius 3 is 2.67 bits per heavy atom. The number of carbonyl (C=O) groups is 1. The Kier molecular flexibility index (Phi) is 7.35. The summed E-state index contributed by atoms with van der Waals surface area (Å²) >= 11 is 12.8. The van der Waals surface area contributed by atoms with E-state index < -0.39 is 5.82 Å². The lowest BCUT2D eigenvalue weighted by Crippen LogP contribution is -2.42. The van der Waals surface area contributed by atoms with E-state index >= 15 is 0 Å². The summed E-state index contributed by atoms with van der Waals surface area (Å²) < 4.78 is 14.1. The number of thiocarbonyl (C=S) groups is 1. The fourth-order valence-corrected chi connectivity index (χ4v) is 6.00. The summed E-state index contributed by atoms with van der Waals surface area (Å²) in [6.45, 7) is 6.77. The van der Waals surface area contributed by atoms with Gasteiger partial charge in [-0.2, -0.15) is 0 Å². The molecule has 2 aliphatic heterocycles. The zero-order valence-electron chi connectivity index (χ0n) is 22.3. The number of likely N-dealkylation sites (N-methyl/N-ethyl adjacent to an activating group) is 1. The van der Waals surface area contributed by atoms with E-state index in [4.69, 9.17) is 23.8 Å². The smallest absolute Gasteiger partial charge is 0.226 e. The van der Waals surface area contributed by atoms with E-state index in [-0.39, 0.29) is 35.6 Å². The van der Waals surface area contributed by atoms with Crippen molar-refractivity contribution in [2.24, 2.45) is 0 Å². The third-order valence-electron chi connectivity index (χ3n) is 7.58. The number of benzene rings is 2. The van der Waals surface area contributed by atoms with Crippen LogP contribution < -0.4 is 15.5 Å². The van der Waals surface area contributed by atoms with Gasteiger partial charge in [-0.15, -0.1) is 0 Å². The van der Waals surface area contributed by atoms with E-state index in [0.29, 0.717) is 16.7 Å². The Balaban J connectivity index is 1.50. The minimum absolute atomic E-state index is 0.111. The number of amides is 1. The van der Waals surface area contributed by atoms with E-state index in [2.05, 4.69) is 60.5 Å². The molecule has 2 N–H and O–H groups in total. The summed E-state index contributed by atoms with van der Waals surface area (Å²) in [4.78, 5) is 21.6. The lowest BCUT2D eigenvalue weighted by atomic mass is 9.86. The number of nitrogens with zero attached hydrogens (tertiary/aromatic N) is 3. The first kappa shape index (κ1) is 27.1. The van der Waals surface area contributed by atoms with Crippen LogP contribution in [0.4, 0.5) is 15.8 Å². The number of nitrogens with one attached hydrogen (secondary N) is 2. The van der Waals surface area contributed by atoms with Crippen molar-refractivity contribution in [2.45, 2.75) is 44.8 Å². The van der Waals surface area contributed by atoms with Gasteiger partial charge in [0.05, 0.1) is 29.0 Å². The highest BCUT2D eigenvalue weighted by Gasteiger charge is 2.41. The SMILES string of the molecule is CC1=CC(C)(C)N(C)c2cc(Cl)c(C3C(c4ccccn4)NC(=S)N3CCC(=O)Nc3ccccc3F)cc21. The highest BCUT2D eigenvalue weighted by Crippen LogP contribution is 2.46. The second kappa shape index (κ2) is 10.6. The number of rotatable bonds is 6. The van der Waals surface area contributed by atoms with Gasteiger partial charge in [0, 0.05) is 42.5 Å². The highest BCUT2D eigenvalue weighted by molar-refractivity contribution is 7.80. The van der Waals surface area contributed by atoms with Crippen LogP contribution in [0.3, 0.4) is 0 Å². The number of fused-ring (bicyclic) bond motifs is 1. The first-order chi connectivity index (χ1) is 18.6. The third kappa shape index (κ3) is 5.23. The van der Waals surface area contributed by atoms with E-state index in [1.165, 1.54) is 17.7 Å². The maximum absolute atomic E-state index is 14.1. The molecule has 2 atom stereocenters. The maximum Gasteiger partial charge on any atom is 0.226 e. The number of carbonyl (C=O) groups excluding carboxylic acids is 1. The number of anilines is 2. The van der Waals surface area contributed by atoms with Gasteiger partial charge in [-0.25, -0.2) is 4.39 Å². The minimum Gasteiger partial charge on any atom is -0.365 e. The standard InChI is InChI=1S/C30H31ClFN5OS/c1-18-17-30(2,3)36(4)25-16-21(31)20(15-19(18)25)28-27(24-11-7-8-13-33-24)35-29(39)37(28)14-12-26(38)34-23-10-6-5-9-22(23)32/h5-11,13,15-17,27-28H,12,14H2,1-4H3,(H,34,38)(H,35,39). The van der Waals surface area contributed by atoms with Crippen molar-refractivity contribution in [1.29, 1.82) is 0 Å². The van der Waals surface area contributed by atoms with Crippen molar-refractivity contribution < 1.29 is 9.18 Å². The molecule has 0 spiro atoms. The average Bonchev–Trinajstić information content (AvgIpc) is 3.23. The molecule has 2 aliphatic rings. The number of aromatic nitrogens is 1. The van der Waals surface area contributed by atoms with E-state index in [0.717, 1.165) is 22.5 Å². The molecule has 1 amide bonds. The number of allylic oxidation sites excluding steroid dienone is 1. The molecule has 0 saturated carbocycles. The van der Waals surface area contributed by atoms with Crippen LogP contribution in [0.1, 0.15) is 56.1 Å². The Morgan fingerprint density at radius 2 is 1.95 bits per heavy atom. The Hall–Kier alpha value is -3.49. The van der Waals surface area contributed by atoms with Crippen LogP contribution in [0.2, 0.25) is 5.02 Å². The van der Waals surface area contributed by atoms with Crippen LogP contribution in [-0.2, 0) is 4.79 Å². The zero-order chi connectivity index (χ0) is 27.9. The average molecular weight is 564 g/mol. The monoisotopic (exact) mass is 563 g/mol. The Bertz CT molecular complexity index is 1460. The molecule has 9 heteroatoms. The third-order valence-corrected chi connectivity index (χ3v) is 8.26. The van der Waals surface area contributed by atoms with Gasteiger partial charge in [-0.05, 0) is 80.5 Å². The quantitative estimate of drug-likeness (QED) is 0.334. The van der Waals surface area contributed by atoms with Crippen LogP contribution >= 0.6 is 23.8 Å². The molecule has 2 aromatic carbocycles. The van der Waals surface area contributed by atoms with Gasteiger partial charge >= 0.3 is 0 Å². The van der Waals surface area contributed by atoms with Crippen molar-refractivity contribution >= 4 is 51.8 Å². The fraction of sp³-hybridized carbons (Fsp3) is 0.300. The molecule has 1 fully saturated rings. The van der Waals surface area contributed by atoms with Crippen molar-refractivity contribution in [3.63, 3.8) is 0 Å². The van der Waals surface area contributed by atoms with Gasteiger partial charge in [0.1, 0.15) is 5.82 Å². The summed E-state index contributed by atoms with van der Waals surface area (Å²) in [5.41, 5.74) is 5.06. The molecule has 1 aromatic heterocycles. The topological polar surface area (TPSA) is 60.5 Å². The maximum atomic E-state index is 14.1. The molecule has 202 valence electrons. The van der Waals surface area contributed by atoms with Crippen LogP contribution in [0.15, 0.2) is 66.9 Å². The molecule has 3 aromatic rings. The summed E-state index contributed by atoms with van der Waals surface area (Å²) in [5.74, 6) is -0.781.